The molecule has 0 saturated heterocycles. The van der Waals surface area contributed by atoms with Crippen molar-refractivity contribution in [3.8, 4) is 0 Å². The number of ether oxygens (including phenoxy) is 1. The van der Waals surface area contributed by atoms with Gasteiger partial charge in [0, 0.05) is 12.5 Å². The lowest BCUT2D eigenvalue weighted by atomic mass is 9.96. The first-order chi connectivity index (χ1) is 9.01. The first-order valence-corrected chi connectivity index (χ1v) is 7.06. The maximum absolute atomic E-state index is 11.5. The minimum absolute atomic E-state index is 0.144. The Kier molecular flexibility index (Phi) is 9.77. The second kappa shape index (κ2) is 10.5. The Morgan fingerprint density at radius 3 is 2.32 bits per heavy atom. The van der Waals surface area contributed by atoms with Crippen molar-refractivity contribution in [1.82, 2.24) is 0 Å². The van der Waals surface area contributed by atoms with Crippen molar-refractivity contribution in [3.05, 3.63) is 23.8 Å². The molecule has 0 aliphatic carbocycles. The number of carbonyl (C=O) groups excluding carboxylic acids is 2. The molecular formula is C16H26O3. The number of Topliss-reactive ketones (excluding diaryl/α,β-unsaturated/α-hetero) is 1. The van der Waals surface area contributed by atoms with Crippen LogP contribution in [0.4, 0.5) is 0 Å². The average molecular weight is 266 g/mol. The first-order valence-electron chi connectivity index (χ1n) is 7.06. The van der Waals surface area contributed by atoms with E-state index in [9.17, 15) is 9.59 Å². The van der Waals surface area contributed by atoms with Gasteiger partial charge in [0.15, 0.2) is 0 Å². The fourth-order valence-corrected chi connectivity index (χ4v) is 1.73. The zero-order chi connectivity index (χ0) is 14.7. The molecule has 0 aromatic rings. The molecule has 0 unspecified atom stereocenters. The van der Waals surface area contributed by atoms with Gasteiger partial charge >= 0.3 is 5.97 Å². The first kappa shape index (κ1) is 17.6. The number of esters is 1. The van der Waals surface area contributed by atoms with Gasteiger partial charge in [-0.05, 0) is 38.7 Å². The summed E-state index contributed by atoms with van der Waals surface area (Å²) in [6.45, 7) is 9.85. The van der Waals surface area contributed by atoms with Gasteiger partial charge < -0.3 is 9.53 Å². The van der Waals surface area contributed by atoms with Crippen molar-refractivity contribution in [2.24, 2.45) is 0 Å². The summed E-state index contributed by atoms with van der Waals surface area (Å²) >= 11 is 0. The fraction of sp³-hybridized carbons (Fsp3) is 0.625. The van der Waals surface area contributed by atoms with Gasteiger partial charge in [-0.2, -0.15) is 0 Å². The van der Waals surface area contributed by atoms with E-state index >= 15 is 0 Å². The highest BCUT2D eigenvalue weighted by Crippen LogP contribution is 2.21. The third-order valence-electron chi connectivity index (χ3n) is 2.86. The van der Waals surface area contributed by atoms with Crippen molar-refractivity contribution >= 4 is 11.8 Å². The molecule has 0 amide bonds. The molecule has 0 radical (unpaired) electrons. The van der Waals surface area contributed by atoms with Gasteiger partial charge in [0.1, 0.15) is 5.78 Å². The Hall–Kier alpha value is -1.38. The van der Waals surface area contributed by atoms with E-state index < -0.39 is 0 Å². The lowest BCUT2D eigenvalue weighted by Gasteiger charge is -2.10. The molecule has 0 atom stereocenters. The Bertz CT molecular complexity index is 340. The Labute approximate surface area is 116 Å². The molecule has 108 valence electrons. The minimum atomic E-state index is -0.321. The van der Waals surface area contributed by atoms with E-state index in [2.05, 4.69) is 13.5 Å². The van der Waals surface area contributed by atoms with Crippen LogP contribution in [0.15, 0.2) is 23.8 Å². The largest absolute Gasteiger partial charge is 0.463 e. The van der Waals surface area contributed by atoms with Crippen LogP contribution in [0.25, 0.3) is 0 Å². The van der Waals surface area contributed by atoms with E-state index in [4.69, 9.17) is 4.74 Å². The van der Waals surface area contributed by atoms with Crippen LogP contribution in [-0.2, 0) is 14.3 Å². The van der Waals surface area contributed by atoms with E-state index in [1.165, 1.54) is 6.08 Å². The molecule has 0 aliphatic heterocycles. The number of hydrogen-bond acceptors (Lipinski definition) is 3. The predicted molar refractivity (Wildman–Crippen MR) is 77.9 cm³/mol. The number of ketones is 1. The highest BCUT2D eigenvalue weighted by Gasteiger charge is 2.08. The number of carbonyl (C=O) groups is 2. The summed E-state index contributed by atoms with van der Waals surface area (Å²) in [4.78, 5) is 22.5. The van der Waals surface area contributed by atoms with E-state index in [0.29, 0.717) is 19.4 Å². The molecule has 0 N–H and O–H groups in total. The van der Waals surface area contributed by atoms with Gasteiger partial charge in [0.25, 0.3) is 0 Å². The molecule has 0 aromatic heterocycles. The van der Waals surface area contributed by atoms with E-state index in [-0.39, 0.29) is 11.8 Å². The predicted octanol–water partition coefficient (Wildman–Crippen LogP) is 3.98. The molecule has 3 nitrogen and oxygen atoms in total. The summed E-state index contributed by atoms with van der Waals surface area (Å²) in [7, 11) is 0. The van der Waals surface area contributed by atoms with Gasteiger partial charge in [-0.15, -0.1) is 0 Å². The summed E-state index contributed by atoms with van der Waals surface area (Å²) in [5.41, 5.74) is 1.80. The highest BCUT2D eigenvalue weighted by molar-refractivity contribution is 5.83. The quantitative estimate of drug-likeness (QED) is 0.260. The van der Waals surface area contributed by atoms with Crippen LogP contribution in [0.2, 0.25) is 0 Å². The van der Waals surface area contributed by atoms with Crippen molar-refractivity contribution in [2.75, 3.05) is 6.61 Å². The van der Waals surface area contributed by atoms with Crippen molar-refractivity contribution in [1.29, 1.82) is 0 Å². The number of allylic oxidation sites excluding steroid dienone is 2. The van der Waals surface area contributed by atoms with Gasteiger partial charge in [-0.1, -0.05) is 31.9 Å². The molecule has 0 fully saturated rings. The molecule has 19 heavy (non-hydrogen) atoms. The van der Waals surface area contributed by atoms with Crippen LogP contribution in [0.1, 0.15) is 59.3 Å². The zero-order valence-corrected chi connectivity index (χ0v) is 12.5. The maximum Gasteiger partial charge on any atom is 0.331 e. The van der Waals surface area contributed by atoms with Crippen LogP contribution < -0.4 is 0 Å². The van der Waals surface area contributed by atoms with Gasteiger partial charge in [0.2, 0.25) is 0 Å². The molecule has 0 aromatic carbocycles. The molecule has 0 bridgehead atoms. The Morgan fingerprint density at radius 1 is 1.11 bits per heavy atom. The minimum Gasteiger partial charge on any atom is -0.463 e. The lowest BCUT2D eigenvalue weighted by Crippen LogP contribution is -2.03. The molecule has 0 spiro atoms. The highest BCUT2D eigenvalue weighted by atomic mass is 16.5. The van der Waals surface area contributed by atoms with Crippen molar-refractivity contribution in [3.63, 3.8) is 0 Å². The number of hydrogen-bond donors (Lipinski definition) is 0. The Balaban J connectivity index is 4.59. The van der Waals surface area contributed by atoms with Crippen LogP contribution in [0.5, 0.6) is 0 Å². The molecular weight excluding hydrogens is 240 g/mol. The fourth-order valence-electron chi connectivity index (χ4n) is 1.73. The number of rotatable bonds is 10. The van der Waals surface area contributed by atoms with E-state index in [1.807, 2.05) is 0 Å². The molecule has 0 rings (SSSR count). The van der Waals surface area contributed by atoms with Gasteiger partial charge in [-0.3, -0.25) is 0 Å². The summed E-state index contributed by atoms with van der Waals surface area (Å²) in [6.07, 6.45) is 6.73. The monoisotopic (exact) mass is 266 g/mol. The van der Waals surface area contributed by atoms with Crippen LogP contribution in [0.3, 0.4) is 0 Å². The topological polar surface area (TPSA) is 43.4 Å². The van der Waals surface area contributed by atoms with E-state index in [1.54, 1.807) is 13.8 Å². The maximum atomic E-state index is 11.5. The van der Waals surface area contributed by atoms with Gasteiger partial charge in [0.05, 0.1) is 6.61 Å². The summed E-state index contributed by atoms with van der Waals surface area (Å²) in [6, 6.07) is 0. The van der Waals surface area contributed by atoms with Gasteiger partial charge in [-0.25, -0.2) is 4.79 Å². The second-order valence-corrected chi connectivity index (χ2v) is 4.68. The SMILES string of the molecule is C=C(CCC(C)=O)/C(=C/C(=O)OCC)CCCCC. The zero-order valence-electron chi connectivity index (χ0n) is 12.5. The van der Waals surface area contributed by atoms with Crippen molar-refractivity contribution < 1.29 is 14.3 Å². The third kappa shape index (κ3) is 9.23. The summed E-state index contributed by atoms with van der Waals surface area (Å²) < 4.78 is 4.93. The standard InChI is InChI=1S/C16H26O3/c1-5-7-8-9-15(12-16(18)19-6-2)13(3)10-11-14(4)17/h12H,3,5-11H2,1-2,4H3/b15-12+. The average Bonchev–Trinajstić information content (AvgIpc) is 2.35. The summed E-state index contributed by atoms with van der Waals surface area (Å²) in [5, 5.41) is 0. The normalized spacial score (nSPS) is 11.2. The Morgan fingerprint density at radius 2 is 1.79 bits per heavy atom. The van der Waals surface area contributed by atoms with Crippen LogP contribution in [-0.4, -0.2) is 18.4 Å². The molecule has 0 aliphatic rings. The van der Waals surface area contributed by atoms with Crippen molar-refractivity contribution in [2.45, 2.75) is 59.3 Å². The smallest absolute Gasteiger partial charge is 0.331 e. The molecule has 0 heterocycles. The second-order valence-electron chi connectivity index (χ2n) is 4.68. The van der Waals surface area contributed by atoms with Crippen LogP contribution in [0, 0.1) is 0 Å². The van der Waals surface area contributed by atoms with Crippen LogP contribution >= 0.6 is 0 Å². The summed E-state index contributed by atoms with van der Waals surface area (Å²) in [5.74, 6) is -0.178. The lowest BCUT2D eigenvalue weighted by molar-refractivity contribution is -0.137. The van der Waals surface area contributed by atoms with E-state index in [0.717, 1.165) is 36.8 Å². The molecule has 0 saturated carbocycles. The third-order valence-corrected chi connectivity index (χ3v) is 2.86. The number of unbranched alkanes of at least 4 members (excludes halogenated alkanes) is 2. The molecule has 3 heteroatoms.